The van der Waals surface area contributed by atoms with Crippen molar-refractivity contribution >= 4 is 23.2 Å². The summed E-state index contributed by atoms with van der Waals surface area (Å²) in [6.07, 6.45) is 0. The van der Waals surface area contributed by atoms with Crippen LogP contribution >= 0.6 is 23.2 Å². The Morgan fingerprint density at radius 2 is 0.810 bits per heavy atom. The van der Waals surface area contributed by atoms with Crippen LogP contribution in [0.25, 0.3) is 0 Å². The van der Waals surface area contributed by atoms with E-state index in [-0.39, 0.29) is 14.9 Å². The first-order chi connectivity index (χ1) is 8.24. The lowest BCUT2D eigenvalue weighted by Gasteiger charge is -2.08. The monoisotopic (exact) mass is 380 g/mol. The summed E-state index contributed by atoms with van der Waals surface area (Å²) < 4.78 is 46.1. The summed E-state index contributed by atoms with van der Waals surface area (Å²) in [4.78, 5) is 30.7. The quantitative estimate of drug-likeness (QED) is 0.525. The molecule has 0 bridgehead atoms. The van der Waals surface area contributed by atoms with E-state index in [2.05, 4.69) is 18.1 Å². The molecule has 0 fully saturated rings. The van der Waals surface area contributed by atoms with E-state index in [1.54, 1.807) is 0 Å². The average molecular weight is 380 g/mol. The lowest BCUT2D eigenvalue weighted by molar-refractivity contribution is 0.178. The maximum atomic E-state index is 10.7. The molecular weight excluding hydrogens is 353 g/mol. The smallest absolute Gasteiger partial charge is 0.325 e. The van der Waals surface area contributed by atoms with Gasteiger partial charge >= 0.3 is 23.2 Å². The van der Waals surface area contributed by atoms with Crippen LogP contribution in [0.5, 0.6) is 0 Å². The summed E-state index contributed by atoms with van der Waals surface area (Å²) in [5.41, 5.74) is 0. The summed E-state index contributed by atoms with van der Waals surface area (Å²) in [7, 11) is -6.23. The van der Waals surface area contributed by atoms with Gasteiger partial charge in [0.1, 0.15) is 0 Å². The fraction of sp³-hybridized carbons (Fsp3) is 1.00. The van der Waals surface area contributed by atoms with Gasteiger partial charge in [0.05, 0.1) is 0 Å². The molecule has 0 aliphatic rings. The third-order valence-corrected chi connectivity index (χ3v) is 2.73. The van der Waals surface area contributed by atoms with Crippen LogP contribution in [0.15, 0.2) is 0 Å². The van der Waals surface area contributed by atoms with Crippen molar-refractivity contribution in [3.05, 3.63) is 0 Å². The fourth-order valence-corrected chi connectivity index (χ4v) is 0.671. The van der Waals surface area contributed by atoms with Gasteiger partial charge in [0, 0.05) is 35.1 Å². The molecule has 0 saturated carbocycles. The Hall–Kier alpha value is 0.370. The molecule has 0 atom stereocenters. The van der Waals surface area contributed by atoms with Crippen molar-refractivity contribution in [2.75, 3.05) is 35.1 Å². The highest BCUT2D eigenvalue weighted by molar-refractivity contribution is 7.50. The standard InChI is InChI=1S/C3H9O4P.CH5O4P.CH5O3P.2CH4/c1-5-8(4,6-2)7-3;1-5-6(2,3)4;1-5(2,3)4;;/h1-3H3;1H3,(H2,2,3,4);1H3,(H2,2,3,4);2*1H4. The van der Waals surface area contributed by atoms with E-state index in [1.165, 1.54) is 21.3 Å². The molecule has 136 valence electrons. The summed E-state index contributed by atoms with van der Waals surface area (Å²) in [6.45, 7) is 0.854. The number of hydrogen-bond acceptors (Lipinski definition) is 7. The molecule has 0 aromatic carbocycles. The summed E-state index contributed by atoms with van der Waals surface area (Å²) in [5.74, 6) is 0. The van der Waals surface area contributed by atoms with Gasteiger partial charge in [-0.15, -0.1) is 0 Å². The van der Waals surface area contributed by atoms with Gasteiger partial charge in [0.25, 0.3) is 0 Å². The first-order valence-corrected chi connectivity index (χ1v) is 9.21. The van der Waals surface area contributed by atoms with Crippen LogP contribution in [0.4, 0.5) is 0 Å². The van der Waals surface area contributed by atoms with E-state index >= 15 is 0 Å². The molecular formula is C7H27O11P3. The van der Waals surface area contributed by atoms with Gasteiger partial charge in [0.15, 0.2) is 0 Å². The molecule has 0 radical (unpaired) electrons. The Morgan fingerprint density at radius 1 is 0.667 bits per heavy atom. The zero-order chi connectivity index (χ0) is 16.3. The van der Waals surface area contributed by atoms with Crippen molar-refractivity contribution < 1.29 is 51.4 Å². The van der Waals surface area contributed by atoms with Gasteiger partial charge in [-0.05, 0) is 0 Å². The zero-order valence-electron chi connectivity index (χ0n) is 11.0. The highest BCUT2D eigenvalue weighted by Crippen LogP contribution is 2.46. The van der Waals surface area contributed by atoms with Crippen molar-refractivity contribution in [3.63, 3.8) is 0 Å². The van der Waals surface area contributed by atoms with Gasteiger partial charge in [0.2, 0.25) is 0 Å². The number of hydrogen-bond donors (Lipinski definition) is 4. The average Bonchev–Trinajstić information content (AvgIpc) is 2.26. The molecule has 0 heterocycles. The van der Waals surface area contributed by atoms with Crippen LogP contribution < -0.4 is 0 Å². The molecule has 0 aromatic heterocycles. The normalized spacial score (nSPS) is 10.7. The number of rotatable bonds is 4. The molecule has 0 unspecified atom stereocenters. The fourth-order valence-electron chi connectivity index (χ4n) is 0.224. The molecule has 11 nitrogen and oxygen atoms in total. The third kappa shape index (κ3) is 44.9. The predicted molar refractivity (Wildman–Crippen MR) is 79.1 cm³/mol. The second-order valence-corrected chi connectivity index (χ2v) is 7.51. The molecule has 4 N–H and O–H groups in total. The third-order valence-electron chi connectivity index (χ3n) is 0.909. The highest BCUT2D eigenvalue weighted by atomic mass is 31.2. The SMILES string of the molecule is C.C.COP(=O)(O)O.COP(=O)(OC)OC.CP(=O)(O)O. The molecule has 0 spiro atoms. The Kier molecular flexibility index (Phi) is 24.1. The Labute approximate surface area is 125 Å². The van der Waals surface area contributed by atoms with Crippen LogP contribution in [-0.2, 0) is 31.8 Å². The molecule has 0 aliphatic heterocycles. The highest BCUT2D eigenvalue weighted by Gasteiger charge is 2.18. The Bertz CT molecular complexity index is 318. The Balaban J connectivity index is -0.0000000598. The molecule has 0 rings (SSSR count). The van der Waals surface area contributed by atoms with E-state index in [4.69, 9.17) is 19.6 Å². The van der Waals surface area contributed by atoms with E-state index < -0.39 is 23.2 Å². The van der Waals surface area contributed by atoms with Crippen LogP contribution in [0.1, 0.15) is 14.9 Å². The lowest BCUT2D eigenvalue weighted by Crippen LogP contribution is -1.88. The second-order valence-electron chi connectivity index (χ2n) is 2.50. The molecule has 21 heavy (non-hydrogen) atoms. The largest absolute Gasteiger partial charge is 0.473 e. The zero-order valence-corrected chi connectivity index (χ0v) is 13.7. The molecule has 14 heteroatoms. The van der Waals surface area contributed by atoms with E-state index in [1.807, 2.05) is 0 Å². The van der Waals surface area contributed by atoms with Crippen molar-refractivity contribution in [2.24, 2.45) is 0 Å². The maximum Gasteiger partial charge on any atom is 0.473 e. The van der Waals surface area contributed by atoms with Crippen LogP contribution in [0, 0.1) is 0 Å². The van der Waals surface area contributed by atoms with Gasteiger partial charge in [-0.25, -0.2) is 9.13 Å². The minimum atomic E-state index is -4.15. The van der Waals surface area contributed by atoms with Gasteiger partial charge < -0.3 is 19.6 Å². The predicted octanol–water partition coefficient (Wildman–Crippen LogP) is 1.83. The summed E-state index contributed by atoms with van der Waals surface area (Å²) in [5, 5.41) is 0. The Morgan fingerprint density at radius 3 is 0.810 bits per heavy atom. The summed E-state index contributed by atoms with van der Waals surface area (Å²) >= 11 is 0. The molecule has 0 amide bonds. The second kappa shape index (κ2) is 15.3. The van der Waals surface area contributed by atoms with Crippen molar-refractivity contribution in [2.45, 2.75) is 14.9 Å². The van der Waals surface area contributed by atoms with Gasteiger partial charge in [-0.3, -0.25) is 22.7 Å². The molecule has 0 saturated heterocycles. The van der Waals surface area contributed by atoms with E-state index in [0.717, 1.165) is 13.8 Å². The summed E-state index contributed by atoms with van der Waals surface area (Å²) in [6, 6.07) is 0. The van der Waals surface area contributed by atoms with E-state index in [0.29, 0.717) is 0 Å². The molecule has 0 aromatic rings. The first-order valence-electron chi connectivity index (χ1n) is 4.16. The van der Waals surface area contributed by atoms with Gasteiger partial charge in [-0.2, -0.15) is 0 Å². The van der Waals surface area contributed by atoms with Gasteiger partial charge in [-0.1, -0.05) is 14.9 Å². The maximum absolute atomic E-state index is 10.7. The first kappa shape index (κ1) is 33.1. The van der Waals surface area contributed by atoms with Crippen molar-refractivity contribution in [3.8, 4) is 0 Å². The number of phosphoric acid groups is 2. The van der Waals surface area contributed by atoms with Crippen LogP contribution in [0.2, 0.25) is 0 Å². The van der Waals surface area contributed by atoms with Crippen molar-refractivity contribution in [1.29, 1.82) is 0 Å². The minimum Gasteiger partial charge on any atom is -0.325 e. The van der Waals surface area contributed by atoms with Crippen molar-refractivity contribution in [1.82, 2.24) is 0 Å². The topological polar surface area (TPSA) is 169 Å². The lowest BCUT2D eigenvalue weighted by atomic mass is 11.8. The minimum absolute atomic E-state index is 0. The number of phosphoric ester groups is 2. The molecule has 0 aliphatic carbocycles. The van der Waals surface area contributed by atoms with Crippen LogP contribution in [0.3, 0.4) is 0 Å². The van der Waals surface area contributed by atoms with E-state index in [9.17, 15) is 13.7 Å². The van der Waals surface area contributed by atoms with Crippen LogP contribution in [-0.4, -0.2) is 54.7 Å².